The molecule has 3 heterocycles. The monoisotopic (exact) mass is 336 g/mol. The second-order valence-electron chi connectivity index (χ2n) is 4.65. The highest BCUT2D eigenvalue weighted by atomic mass is 32.2. The van der Waals surface area contributed by atoms with Crippen LogP contribution >= 0.6 is 23.1 Å². The minimum absolute atomic E-state index is 0.0884. The van der Waals surface area contributed by atoms with Gasteiger partial charge in [0.15, 0.2) is 11.0 Å². The Labute approximate surface area is 136 Å². The van der Waals surface area contributed by atoms with E-state index in [2.05, 4.69) is 22.1 Å². The van der Waals surface area contributed by atoms with Crippen molar-refractivity contribution in [1.82, 2.24) is 19.7 Å². The van der Waals surface area contributed by atoms with Crippen molar-refractivity contribution in [3.63, 3.8) is 0 Å². The number of aliphatic hydroxyl groups excluding tert-OH is 1. The molecule has 0 aromatic carbocycles. The molecule has 6 nitrogen and oxygen atoms in total. The molecule has 0 unspecified atom stereocenters. The molecule has 0 radical (unpaired) electrons. The second-order valence-corrected chi connectivity index (χ2v) is 6.45. The molecule has 0 aliphatic carbocycles. The number of thioether (sulfide) groups is 1. The molecule has 1 N–H and O–H groups in total. The van der Waals surface area contributed by atoms with Gasteiger partial charge in [0.1, 0.15) is 17.9 Å². The zero-order valence-corrected chi connectivity index (χ0v) is 13.7. The van der Waals surface area contributed by atoms with Gasteiger partial charge < -0.3 is 14.1 Å². The van der Waals surface area contributed by atoms with Gasteiger partial charge >= 0.3 is 0 Å². The van der Waals surface area contributed by atoms with Crippen LogP contribution in [-0.4, -0.2) is 24.9 Å². The Morgan fingerprint density at radius 2 is 2.32 bits per heavy atom. The number of nitrogens with zero attached hydrogens (tertiary/aromatic N) is 4. The zero-order chi connectivity index (χ0) is 15.4. The van der Waals surface area contributed by atoms with Gasteiger partial charge in [0.2, 0.25) is 0 Å². The Balaban J connectivity index is 1.69. The van der Waals surface area contributed by atoms with Gasteiger partial charge in [-0.15, -0.1) is 21.5 Å². The van der Waals surface area contributed by atoms with Gasteiger partial charge in [0.25, 0.3) is 0 Å². The number of thiazole rings is 1. The van der Waals surface area contributed by atoms with Crippen LogP contribution in [0.25, 0.3) is 10.6 Å². The summed E-state index contributed by atoms with van der Waals surface area (Å²) in [6.45, 7) is 2.81. The largest absolute Gasteiger partial charge is 0.472 e. The molecule has 0 bridgehead atoms. The molecular weight excluding hydrogens is 320 g/mol. The minimum atomic E-state index is -0.0884. The summed E-state index contributed by atoms with van der Waals surface area (Å²) in [4.78, 5) is 4.60. The molecule has 3 rings (SSSR count). The molecule has 0 fully saturated rings. The van der Waals surface area contributed by atoms with E-state index >= 15 is 0 Å². The van der Waals surface area contributed by atoms with E-state index in [9.17, 15) is 5.11 Å². The number of furan rings is 1. The summed E-state index contributed by atoms with van der Waals surface area (Å²) < 4.78 is 7.05. The van der Waals surface area contributed by atoms with Gasteiger partial charge in [0, 0.05) is 23.2 Å². The Morgan fingerprint density at radius 1 is 1.41 bits per heavy atom. The van der Waals surface area contributed by atoms with E-state index < -0.39 is 0 Å². The first-order valence-corrected chi connectivity index (χ1v) is 8.81. The van der Waals surface area contributed by atoms with Gasteiger partial charge in [-0.3, -0.25) is 0 Å². The molecule has 0 aliphatic rings. The molecule has 0 saturated heterocycles. The maximum absolute atomic E-state index is 9.30. The molecular formula is C14H16N4O2S2. The van der Waals surface area contributed by atoms with E-state index in [0.717, 1.165) is 40.1 Å². The second kappa shape index (κ2) is 7.08. The predicted octanol–water partition coefficient (Wildman–Crippen LogP) is 3.19. The summed E-state index contributed by atoms with van der Waals surface area (Å²) in [6, 6.07) is 1.90. The fourth-order valence-corrected chi connectivity index (χ4v) is 3.81. The summed E-state index contributed by atoms with van der Waals surface area (Å²) >= 11 is 3.19. The van der Waals surface area contributed by atoms with Crippen molar-refractivity contribution < 1.29 is 9.52 Å². The highest BCUT2D eigenvalue weighted by Gasteiger charge is 2.12. The fraction of sp³-hybridized carbons (Fsp3) is 0.357. The highest BCUT2D eigenvalue weighted by Crippen LogP contribution is 2.28. The molecule has 3 aromatic rings. The van der Waals surface area contributed by atoms with E-state index in [1.807, 2.05) is 16.0 Å². The van der Waals surface area contributed by atoms with Crippen molar-refractivity contribution in [2.24, 2.45) is 0 Å². The van der Waals surface area contributed by atoms with Crippen LogP contribution in [0.4, 0.5) is 0 Å². The normalized spacial score (nSPS) is 11.2. The number of aliphatic hydroxyl groups is 1. The van der Waals surface area contributed by atoms with Crippen molar-refractivity contribution in [3.05, 3.63) is 35.5 Å². The first kappa shape index (κ1) is 15.3. The summed E-state index contributed by atoms with van der Waals surface area (Å²) in [5, 5.41) is 21.3. The zero-order valence-electron chi connectivity index (χ0n) is 12.1. The van der Waals surface area contributed by atoms with Crippen molar-refractivity contribution in [2.45, 2.75) is 37.4 Å². The van der Waals surface area contributed by atoms with Crippen LogP contribution in [0.1, 0.15) is 24.9 Å². The van der Waals surface area contributed by atoms with Crippen LogP contribution in [0.15, 0.2) is 33.5 Å². The van der Waals surface area contributed by atoms with Crippen LogP contribution in [0.3, 0.4) is 0 Å². The van der Waals surface area contributed by atoms with E-state index in [4.69, 9.17) is 4.42 Å². The predicted molar refractivity (Wildman–Crippen MR) is 85.6 cm³/mol. The number of rotatable bonds is 7. The van der Waals surface area contributed by atoms with Crippen LogP contribution in [0.5, 0.6) is 0 Å². The number of hydrogen-bond donors (Lipinski definition) is 1. The minimum Gasteiger partial charge on any atom is -0.472 e. The molecule has 0 aliphatic heterocycles. The van der Waals surface area contributed by atoms with Crippen molar-refractivity contribution >= 4 is 23.1 Å². The lowest BCUT2D eigenvalue weighted by Gasteiger charge is -2.06. The first-order chi connectivity index (χ1) is 10.8. The van der Waals surface area contributed by atoms with Crippen LogP contribution in [0.2, 0.25) is 0 Å². The fourth-order valence-electron chi connectivity index (χ4n) is 2.02. The molecule has 116 valence electrons. The maximum atomic E-state index is 9.30. The Kier molecular flexibility index (Phi) is 4.91. The molecule has 22 heavy (non-hydrogen) atoms. The standard InChI is InChI=1S/C14H16N4O2S2/c1-2-4-18-12(6-19)16-17-14(18)22-9-11-8-21-13(15-11)10-3-5-20-7-10/h3,5,7-8,19H,2,4,6,9H2,1H3. The van der Waals surface area contributed by atoms with E-state index in [-0.39, 0.29) is 6.61 Å². The van der Waals surface area contributed by atoms with Crippen LogP contribution < -0.4 is 0 Å². The lowest BCUT2D eigenvalue weighted by Crippen LogP contribution is -2.04. The van der Waals surface area contributed by atoms with E-state index in [1.54, 1.807) is 35.6 Å². The smallest absolute Gasteiger partial charge is 0.191 e. The average Bonchev–Trinajstić information content (AvgIpc) is 3.26. The summed E-state index contributed by atoms with van der Waals surface area (Å²) in [7, 11) is 0. The highest BCUT2D eigenvalue weighted by molar-refractivity contribution is 7.98. The van der Waals surface area contributed by atoms with Crippen molar-refractivity contribution in [3.8, 4) is 10.6 Å². The van der Waals surface area contributed by atoms with Gasteiger partial charge in [-0.1, -0.05) is 18.7 Å². The molecule has 0 atom stereocenters. The third-order valence-electron chi connectivity index (χ3n) is 3.05. The van der Waals surface area contributed by atoms with E-state index in [1.165, 1.54) is 0 Å². The molecule has 3 aromatic heterocycles. The SMILES string of the molecule is CCCn1c(CO)nnc1SCc1csc(-c2ccoc2)n1. The lowest BCUT2D eigenvalue weighted by atomic mass is 10.4. The van der Waals surface area contributed by atoms with Crippen molar-refractivity contribution in [2.75, 3.05) is 0 Å². The molecule has 8 heteroatoms. The Morgan fingerprint density at radius 3 is 3.05 bits per heavy atom. The summed E-state index contributed by atoms with van der Waals surface area (Å²) in [5.74, 6) is 1.34. The number of aromatic nitrogens is 4. The van der Waals surface area contributed by atoms with E-state index in [0.29, 0.717) is 5.82 Å². The quantitative estimate of drug-likeness (QED) is 0.668. The molecule has 0 spiro atoms. The number of hydrogen-bond acceptors (Lipinski definition) is 7. The van der Waals surface area contributed by atoms with Crippen LogP contribution in [0, 0.1) is 0 Å². The van der Waals surface area contributed by atoms with Crippen LogP contribution in [-0.2, 0) is 18.9 Å². The van der Waals surface area contributed by atoms with Crippen molar-refractivity contribution in [1.29, 1.82) is 0 Å². The van der Waals surface area contributed by atoms with Gasteiger partial charge in [0.05, 0.1) is 12.0 Å². The average molecular weight is 336 g/mol. The topological polar surface area (TPSA) is 77.0 Å². The maximum Gasteiger partial charge on any atom is 0.191 e. The summed E-state index contributed by atoms with van der Waals surface area (Å²) in [5.41, 5.74) is 2.00. The van der Waals surface area contributed by atoms with Gasteiger partial charge in [-0.25, -0.2) is 4.98 Å². The third kappa shape index (κ3) is 3.23. The Bertz CT molecular complexity index is 721. The molecule has 0 amide bonds. The third-order valence-corrected chi connectivity index (χ3v) is 4.99. The first-order valence-electron chi connectivity index (χ1n) is 6.94. The summed E-state index contributed by atoms with van der Waals surface area (Å²) in [6.07, 6.45) is 4.32. The van der Waals surface area contributed by atoms with Gasteiger partial charge in [-0.2, -0.15) is 0 Å². The van der Waals surface area contributed by atoms with Gasteiger partial charge in [-0.05, 0) is 12.5 Å². The lowest BCUT2D eigenvalue weighted by molar-refractivity contribution is 0.263. The molecule has 0 saturated carbocycles. The Hall–Kier alpha value is -1.64.